The first-order valence-corrected chi connectivity index (χ1v) is 6.87. The molecule has 23 heavy (non-hydrogen) atoms. The van der Waals surface area contributed by atoms with Crippen molar-refractivity contribution in [3.8, 4) is 0 Å². The van der Waals surface area contributed by atoms with E-state index in [9.17, 15) is 14.7 Å². The van der Waals surface area contributed by atoms with Crippen LogP contribution in [0.3, 0.4) is 0 Å². The van der Waals surface area contributed by atoms with Gasteiger partial charge in [0.2, 0.25) is 0 Å². The minimum absolute atomic E-state index is 0.287. The Labute approximate surface area is 131 Å². The highest BCUT2D eigenvalue weighted by Gasteiger charge is 2.20. The molecule has 1 aromatic heterocycles. The molecule has 5 nitrogen and oxygen atoms in total. The molecule has 114 valence electrons. The Morgan fingerprint density at radius 2 is 1.78 bits per heavy atom. The number of nitrogens with one attached hydrogen (secondary N) is 1. The molecule has 1 heterocycles. The molecule has 0 radical (unpaired) electrons. The molecular formula is C18H13NO4. The van der Waals surface area contributed by atoms with Gasteiger partial charge >= 0.3 is 11.9 Å². The zero-order chi connectivity index (χ0) is 16.6. The fraction of sp³-hybridized carbons (Fsp3) is 0. The number of benzene rings is 2. The summed E-state index contributed by atoms with van der Waals surface area (Å²) in [7, 11) is 0. The second-order valence-corrected chi connectivity index (χ2v) is 5.03. The molecule has 0 amide bonds. The van der Waals surface area contributed by atoms with Crippen LogP contribution in [0.5, 0.6) is 0 Å². The summed E-state index contributed by atoms with van der Waals surface area (Å²) in [6.07, 6.45) is 2.22. The first-order valence-electron chi connectivity index (χ1n) is 6.87. The third kappa shape index (κ3) is 2.38. The van der Waals surface area contributed by atoms with Gasteiger partial charge in [-0.3, -0.25) is 0 Å². The largest absolute Gasteiger partial charge is 0.478 e. The van der Waals surface area contributed by atoms with Gasteiger partial charge in [-0.25, -0.2) is 9.59 Å². The highest BCUT2D eigenvalue weighted by Crippen LogP contribution is 2.34. The molecule has 2 aromatic carbocycles. The summed E-state index contributed by atoms with van der Waals surface area (Å²) in [4.78, 5) is 25.8. The average Bonchev–Trinajstić information content (AvgIpc) is 2.90. The first kappa shape index (κ1) is 14.6. The van der Waals surface area contributed by atoms with Crippen molar-refractivity contribution in [2.75, 3.05) is 0 Å². The van der Waals surface area contributed by atoms with Gasteiger partial charge in [-0.15, -0.1) is 0 Å². The zero-order valence-electron chi connectivity index (χ0n) is 12.0. The SMILES string of the molecule is C=Cc1ccc2c([nH]c3ccccc32)c1/C(=C/C(=O)O)C(=O)O. The number of fused-ring (bicyclic) bond motifs is 3. The number of para-hydroxylation sites is 1. The molecule has 0 aliphatic carbocycles. The summed E-state index contributed by atoms with van der Waals surface area (Å²) < 4.78 is 0. The lowest BCUT2D eigenvalue weighted by molar-refractivity contribution is -0.133. The number of aromatic amines is 1. The highest BCUT2D eigenvalue weighted by atomic mass is 16.4. The molecule has 0 atom stereocenters. The minimum atomic E-state index is -1.31. The number of carboxylic acid groups (broad SMARTS) is 2. The lowest BCUT2D eigenvalue weighted by Gasteiger charge is -2.08. The molecule has 0 aliphatic rings. The van der Waals surface area contributed by atoms with Crippen LogP contribution < -0.4 is 0 Å². The van der Waals surface area contributed by atoms with Gasteiger partial charge in [-0.2, -0.15) is 0 Å². The van der Waals surface area contributed by atoms with Crippen LogP contribution in [-0.4, -0.2) is 27.1 Å². The van der Waals surface area contributed by atoms with Crippen molar-refractivity contribution >= 4 is 45.4 Å². The number of hydrogen-bond acceptors (Lipinski definition) is 2. The van der Waals surface area contributed by atoms with Gasteiger partial charge in [0.15, 0.2) is 0 Å². The number of hydrogen-bond donors (Lipinski definition) is 3. The molecule has 0 saturated carbocycles. The Morgan fingerprint density at radius 3 is 2.43 bits per heavy atom. The van der Waals surface area contributed by atoms with Crippen molar-refractivity contribution in [2.24, 2.45) is 0 Å². The van der Waals surface area contributed by atoms with Crippen molar-refractivity contribution in [2.45, 2.75) is 0 Å². The van der Waals surface area contributed by atoms with Crippen LogP contribution in [0.4, 0.5) is 0 Å². The van der Waals surface area contributed by atoms with Crippen LogP contribution in [0.15, 0.2) is 49.1 Å². The number of carbonyl (C=O) groups is 2. The average molecular weight is 307 g/mol. The Balaban J connectivity index is 2.48. The maximum Gasteiger partial charge on any atom is 0.336 e. The summed E-state index contributed by atoms with van der Waals surface area (Å²) in [5.41, 5.74) is 2.02. The lowest BCUT2D eigenvalue weighted by atomic mass is 9.96. The van der Waals surface area contributed by atoms with Crippen molar-refractivity contribution in [1.29, 1.82) is 0 Å². The van der Waals surface area contributed by atoms with E-state index < -0.39 is 11.9 Å². The van der Waals surface area contributed by atoms with E-state index >= 15 is 0 Å². The maximum atomic E-state index is 11.6. The summed E-state index contributed by atoms with van der Waals surface area (Å²) in [5.74, 6) is -2.62. The van der Waals surface area contributed by atoms with Gasteiger partial charge in [0, 0.05) is 27.9 Å². The van der Waals surface area contributed by atoms with E-state index in [0.717, 1.165) is 16.3 Å². The van der Waals surface area contributed by atoms with Crippen LogP contribution in [0.25, 0.3) is 33.5 Å². The topological polar surface area (TPSA) is 90.4 Å². The van der Waals surface area contributed by atoms with E-state index in [1.807, 2.05) is 30.3 Å². The van der Waals surface area contributed by atoms with Crippen LogP contribution in [0, 0.1) is 0 Å². The fourth-order valence-electron chi connectivity index (χ4n) is 2.76. The second-order valence-electron chi connectivity index (χ2n) is 5.03. The predicted molar refractivity (Wildman–Crippen MR) is 89.1 cm³/mol. The van der Waals surface area contributed by atoms with Crippen LogP contribution in [-0.2, 0) is 9.59 Å². The third-order valence-corrected chi connectivity index (χ3v) is 3.70. The molecule has 0 aliphatic heterocycles. The van der Waals surface area contributed by atoms with E-state index in [-0.39, 0.29) is 5.57 Å². The molecule has 0 saturated heterocycles. The predicted octanol–water partition coefficient (Wildman–Crippen LogP) is 3.52. The maximum absolute atomic E-state index is 11.6. The van der Waals surface area contributed by atoms with Gasteiger partial charge in [-0.1, -0.05) is 43.0 Å². The van der Waals surface area contributed by atoms with Gasteiger partial charge in [-0.05, 0) is 11.6 Å². The van der Waals surface area contributed by atoms with E-state index in [1.165, 1.54) is 6.08 Å². The van der Waals surface area contributed by atoms with Crippen molar-refractivity contribution < 1.29 is 19.8 Å². The standard InChI is InChI=1S/C18H13NO4/c1-2-10-7-8-12-11-5-3-4-6-14(11)19-17(12)16(10)13(18(22)23)9-15(20)21/h2-9,19H,1H2,(H,20,21)(H,22,23)/b13-9-. The lowest BCUT2D eigenvalue weighted by Crippen LogP contribution is -2.05. The van der Waals surface area contributed by atoms with Gasteiger partial charge in [0.25, 0.3) is 0 Å². The molecule has 0 fully saturated rings. The molecule has 3 rings (SSSR count). The number of H-pyrrole nitrogens is 1. The summed E-state index contributed by atoms with van der Waals surface area (Å²) >= 11 is 0. The molecule has 0 bridgehead atoms. The Bertz CT molecular complexity index is 995. The third-order valence-electron chi connectivity index (χ3n) is 3.70. The van der Waals surface area contributed by atoms with Gasteiger partial charge in [0.05, 0.1) is 11.1 Å². The Kier molecular flexibility index (Phi) is 3.46. The molecule has 0 unspecified atom stereocenters. The quantitative estimate of drug-likeness (QED) is 0.643. The first-order chi connectivity index (χ1) is 11.0. The minimum Gasteiger partial charge on any atom is -0.478 e. The molecule has 3 N–H and O–H groups in total. The second kappa shape index (κ2) is 5.46. The summed E-state index contributed by atoms with van der Waals surface area (Å²) in [6.45, 7) is 3.69. The monoisotopic (exact) mass is 307 g/mol. The molecule has 3 aromatic rings. The number of carboxylic acids is 2. The van der Waals surface area contributed by atoms with Gasteiger partial charge < -0.3 is 15.2 Å². The molecule has 0 spiro atoms. The number of aliphatic carboxylic acids is 2. The Hall–Kier alpha value is -3.34. The van der Waals surface area contributed by atoms with Crippen molar-refractivity contribution in [3.05, 3.63) is 60.2 Å². The normalized spacial score (nSPS) is 11.7. The van der Waals surface area contributed by atoms with E-state index in [0.29, 0.717) is 22.7 Å². The Morgan fingerprint density at radius 1 is 1.04 bits per heavy atom. The van der Waals surface area contributed by atoms with Crippen LogP contribution in [0.1, 0.15) is 11.1 Å². The van der Waals surface area contributed by atoms with Crippen LogP contribution >= 0.6 is 0 Å². The molecule has 5 heteroatoms. The fourth-order valence-corrected chi connectivity index (χ4v) is 2.76. The zero-order valence-corrected chi connectivity index (χ0v) is 12.0. The molecular weight excluding hydrogens is 294 g/mol. The summed E-state index contributed by atoms with van der Waals surface area (Å²) in [6, 6.07) is 11.2. The number of aromatic nitrogens is 1. The van der Waals surface area contributed by atoms with Crippen molar-refractivity contribution in [3.63, 3.8) is 0 Å². The van der Waals surface area contributed by atoms with E-state index in [4.69, 9.17) is 5.11 Å². The van der Waals surface area contributed by atoms with Crippen molar-refractivity contribution in [1.82, 2.24) is 4.98 Å². The number of rotatable bonds is 4. The van der Waals surface area contributed by atoms with E-state index in [1.54, 1.807) is 6.07 Å². The van der Waals surface area contributed by atoms with Gasteiger partial charge in [0.1, 0.15) is 0 Å². The van der Waals surface area contributed by atoms with Crippen LogP contribution in [0.2, 0.25) is 0 Å². The highest BCUT2D eigenvalue weighted by molar-refractivity contribution is 6.25. The summed E-state index contributed by atoms with van der Waals surface area (Å²) in [5, 5.41) is 20.2. The smallest absolute Gasteiger partial charge is 0.336 e. The van der Waals surface area contributed by atoms with E-state index in [2.05, 4.69) is 11.6 Å².